The van der Waals surface area contributed by atoms with Gasteiger partial charge in [-0.3, -0.25) is 0 Å². The largest absolute Gasteiger partial charge is 0.354 e. The topological polar surface area (TPSA) is 43.4 Å². The van der Waals surface area contributed by atoms with Gasteiger partial charge in [-0.15, -0.1) is 11.3 Å². The van der Waals surface area contributed by atoms with Crippen molar-refractivity contribution in [1.82, 2.24) is 10.3 Å². The monoisotopic (exact) mass is 244 g/mol. The molecule has 0 amide bonds. The van der Waals surface area contributed by atoms with E-state index >= 15 is 0 Å². The van der Waals surface area contributed by atoms with Crippen LogP contribution in [0.2, 0.25) is 0 Å². The number of methoxy groups -OCH3 is 2. The van der Waals surface area contributed by atoms with E-state index in [9.17, 15) is 0 Å². The molecule has 0 saturated heterocycles. The number of hydrogen-bond acceptors (Lipinski definition) is 5. The molecule has 0 aliphatic heterocycles. The first-order valence-electron chi connectivity index (χ1n) is 5.49. The van der Waals surface area contributed by atoms with E-state index in [4.69, 9.17) is 9.47 Å². The lowest BCUT2D eigenvalue weighted by Crippen LogP contribution is -2.44. The van der Waals surface area contributed by atoms with E-state index in [1.807, 2.05) is 11.6 Å². The zero-order chi connectivity index (χ0) is 11.8. The van der Waals surface area contributed by atoms with Gasteiger partial charge >= 0.3 is 0 Å². The smallest absolute Gasteiger partial charge is 0.172 e. The van der Waals surface area contributed by atoms with Crippen molar-refractivity contribution in [2.45, 2.75) is 32.1 Å². The van der Waals surface area contributed by atoms with Crippen molar-refractivity contribution in [2.24, 2.45) is 0 Å². The van der Waals surface area contributed by atoms with Crippen molar-refractivity contribution >= 4 is 11.3 Å². The SMILES string of the molecule is CCCNC(Cc1nccs1)C(OC)OC. The molecule has 1 N–H and O–H groups in total. The van der Waals surface area contributed by atoms with Gasteiger partial charge in [-0.1, -0.05) is 6.92 Å². The molecule has 1 rings (SSSR count). The summed E-state index contributed by atoms with van der Waals surface area (Å²) in [5.41, 5.74) is 0. The summed E-state index contributed by atoms with van der Waals surface area (Å²) >= 11 is 1.66. The molecule has 0 aliphatic rings. The van der Waals surface area contributed by atoms with E-state index < -0.39 is 0 Å². The first-order chi connectivity index (χ1) is 7.81. The molecule has 92 valence electrons. The van der Waals surface area contributed by atoms with E-state index in [1.165, 1.54) is 0 Å². The predicted octanol–water partition coefficient (Wildman–Crippen LogP) is 1.67. The predicted molar refractivity (Wildman–Crippen MR) is 65.7 cm³/mol. The first-order valence-corrected chi connectivity index (χ1v) is 6.37. The van der Waals surface area contributed by atoms with Gasteiger partial charge in [0, 0.05) is 32.2 Å². The average Bonchev–Trinajstić information content (AvgIpc) is 2.80. The molecule has 1 aromatic heterocycles. The number of nitrogens with one attached hydrogen (secondary N) is 1. The van der Waals surface area contributed by atoms with Crippen molar-refractivity contribution in [2.75, 3.05) is 20.8 Å². The molecule has 1 atom stereocenters. The van der Waals surface area contributed by atoms with E-state index in [0.717, 1.165) is 24.4 Å². The van der Waals surface area contributed by atoms with Crippen molar-refractivity contribution in [3.63, 3.8) is 0 Å². The fourth-order valence-corrected chi connectivity index (χ4v) is 2.24. The van der Waals surface area contributed by atoms with Crippen molar-refractivity contribution in [1.29, 1.82) is 0 Å². The fourth-order valence-electron chi connectivity index (χ4n) is 1.56. The van der Waals surface area contributed by atoms with E-state index in [2.05, 4.69) is 17.2 Å². The minimum absolute atomic E-state index is 0.154. The molecule has 1 aromatic rings. The van der Waals surface area contributed by atoms with Gasteiger partial charge in [-0.05, 0) is 13.0 Å². The Morgan fingerprint density at radius 3 is 2.69 bits per heavy atom. The Bertz CT molecular complexity index is 263. The lowest BCUT2D eigenvalue weighted by Gasteiger charge is -2.25. The molecule has 0 aromatic carbocycles. The lowest BCUT2D eigenvalue weighted by molar-refractivity contribution is -0.122. The molecule has 0 fully saturated rings. The van der Waals surface area contributed by atoms with Crippen LogP contribution in [0.15, 0.2) is 11.6 Å². The van der Waals surface area contributed by atoms with Crippen molar-refractivity contribution in [3.05, 3.63) is 16.6 Å². The number of ether oxygens (including phenoxy) is 2. The minimum Gasteiger partial charge on any atom is -0.354 e. The molecule has 1 heterocycles. The van der Waals surface area contributed by atoms with Crippen LogP contribution in [0.5, 0.6) is 0 Å². The van der Waals surface area contributed by atoms with Crippen LogP contribution in [0.3, 0.4) is 0 Å². The Labute approximate surface area is 101 Å². The second-order valence-electron chi connectivity index (χ2n) is 3.53. The summed E-state index contributed by atoms with van der Waals surface area (Å²) in [5, 5.41) is 6.52. The van der Waals surface area contributed by atoms with Crippen LogP contribution >= 0.6 is 11.3 Å². The number of aromatic nitrogens is 1. The summed E-state index contributed by atoms with van der Waals surface area (Å²) in [5.74, 6) is 0. The molecule has 1 unspecified atom stereocenters. The molecule has 5 heteroatoms. The van der Waals surface area contributed by atoms with Crippen LogP contribution in [0.1, 0.15) is 18.4 Å². The van der Waals surface area contributed by atoms with Gasteiger partial charge in [0.05, 0.1) is 11.0 Å². The second kappa shape index (κ2) is 7.73. The van der Waals surface area contributed by atoms with Crippen LogP contribution in [0.4, 0.5) is 0 Å². The summed E-state index contributed by atoms with van der Waals surface area (Å²) in [6, 6.07) is 0.154. The average molecular weight is 244 g/mol. The molecule has 0 spiro atoms. The maximum atomic E-state index is 5.30. The van der Waals surface area contributed by atoms with Crippen LogP contribution in [0, 0.1) is 0 Å². The van der Waals surface area contributed by atoms with Gasteiger partial charge in [0.15, 0.2) is 6.29 Å². The normalized spacial score (nSPS) is 13.2. The van der Waals surface area contributed by atoms with Crippen LogP contribution in [-0.4, -0.2) is 38.1 Å². The standard InChI is InChI=1S/C11H20N2O2S/c1-4-5-12-9(11(14-2)15-3)8-10-13-6-7-16-10/h6-7,9,11-12H,4-5,8H2,1-3H3. The Kier molecular flexibility index (Phi) is 6.56. The van der Waals surface area contributed by atoms with E-state index in [1.54, 1.807) is 25.6 Å². The number of rotatable bonds is 8. The van der Waals surface area contributed by atoms with Crippen molar-refractivity contribution < 1.29 is 9.47 Å². The summed E-state index contributed by atoms with van der Waals surface area (Å²) in [4.78, 5) is 4.28. The third kappa shape index (κ3) is 4.17. The fraction of sp³-hybridized carbons (Fsp3) is 0.727. The van der Waals surface area contributed by atoms with E-state index in [-0.39, 0.29) is 12.3 Å². The molecule has 0 bridgehead atoms. The second-order valence-corrected chi connectivity index (χ2v) is 4.51. The van der Waals surface area contributed by atoms with Crippen LogP contribution < -0.4 is 5.32 Å². The third-order valence-corrected chi connectivity index (χ3v) is 3.13. The highest BCUT2D eigenvalue weighted by atomic mass is 32.1. The van der Waals surface area contributed by atoms with Gasteiger partial charge in [0.25, 0.3) is 0 Å². The van der Waals surface area contributed by atoms with Gasteiger partial charge in [-0.25, -0.2) is 4.98 Å². The molecule has 0 radical (unpaired) electrons. The highest BCUT2D eigenvalue weighted by Gasteiger charge is 2.21. The van der Waals surface area contributed by atoms with Gasteiger partial charge in [0.1, 0.15) is 0 Å². The maximum absolute atomic E-state index is 5.30. The Morgan fingerprint density at radius 2 is 2.19 bits per heavy atom. The van der Waals surface area contributed by atoms with Crippen molar-refractivity contribution in [3.8, 4) is 0 Å². The zero-order valence-electron chi connectivity index (χ0n) is 10.1. The summed E-state index contributed by atoms with van der Waals surface area (Å²) < 4.78 is 10.6. The zero-order valence-corrected chi connectivity index (χ0v) is 10.9. The van der Waals surface area contributed by atoms with Crippen LogP contribution in [0.25, 0.3) is 0 Å². The summed E-state index contributed by atoms with van der Waals surface area (Å²) in [6.07, 6.45) is 3.53. The highest BCUT2D eigenvalue weighted by molar-refractivity contribution is 7.09. The quantitative estimate of drug-likeness (QED) is 0.707. The Balaban J connectivity index is 2.55. The molecular weight excluding hydrogens is 224 g/mol. The minimum atomic E-state index is -0.226. The molecule has 4 nitrogen and oxygen atoms in total. The molecular formula is C11H20N2O2S. The highest BCUT2D eigenvalue weighted by Crippen LogP contribution is 2.11. The van der Waals surface area contributed by atoms with E-state index in [0.29, 0.717) is 0 Å². The van der Waals surface area contributed by atoms with Gasteiger partial charge in [0.2, 0.25) is 0 Å². The van der Waals surface area contributed by atoms with Crippen LogP contribution in [-0.2, 0) is 15.9 Å². The lowest BCUT2D eigenvalue weighted by atomic mass is 10.2. The first kappa shape index (κ1) is 13.6. The number of thiazole rings is 1. The summed E-state index contributed by atoms with van der Waals surface area (Å²) in [6.45, 7) is 3.10. The molecule has 0 saturated carbocycles. The Morgan fingerprint density at radius 1 is 1.44 bits per heavy atom. The number of nitrogens with zero attached hydrogens (tertiary/aromatic N) is 1. The Hall–Kier alpha value is -0.490. The molecule has 16 heavy (non-hydrogen) atoms. The third-order valence-electron chi connectivity index (χ3n) is 2.33. The van der Waals surface area contributed by atoms with Gasteiger partial charge in [-0.2, -0.15) is 0 Å². The van der Waals surface area contributed by atoms with Gasteiger partial charge < -0.3 is 14.8 Å². The number of hydrogen-bond donors (Lipinski definition) is 1. The summed E-state index contributed by atoms with van der Waals surface area (Å²) in [7, 11) is 3.33. The maximum Gasteiger partial charge on any atom is 0.172 e. The molecule has 0 aliphatic carbocycles.